The van der Waals surface area contributed by atoms with Crippen LogP contribution in [-0.2, 0) is 14.3 Å². The molecular weight excluding hydrogens is 300 g/mol. The molecule has 0 radical (unpaired) electrons. The molecule has 0 aromatic heterocycles. The highest BCUT2D eigenvalue weighted by Gasteiger charge is 2.54. The van der Waals surface area contributed by atoms with E-state index in [0.717, 1.165) is 6.42 Å². The van der Waals surface area contributed by atoms with Gasteiger partial charge in [-0.25, -0.2) is 4.79 Å². The zero-order chi connectivity index (χ0) is 17.2. The Bertz CT molecular complexity index is 448. The lowest BCUT2D eigenvalue weighted by atomic mass is 9.71. The van der Waals surface area contributed by atoms with Crippen LogP contribution < -0.4 is 10.6 Å². The predicted molar refractivity (Wildman–Crippen MR) is 84.3 cm³/mol. The number of ether oxygens (including phenoxy) is 2. The number of hydrogen-bond donors (Lipinski definition) is 3. The molecule has 0 aromatic carbocycles. The van der Waals surface area contributed by atoms with Crippen LogP contribution in [0.4, 0.5) is 4.79 Å². The van der Waals surface area contributed by atoms with Gasteiger partial charge in [-0.1, -0.05) is 0 Å². The van der Waals surface area contributed by atoms with Crippen LogP contribution in [0.2, 0.25) is 0 Å². The molecule has 1 saturated carbocycles. The summed E-state index contributed by atoms with van der Waals surface area (Å²) in [5.74, 6) is -0.502. The van der Waals surface area contributed by atoms with Gasteiger partial charge in [0.2, 0.25) is 0 Å². The summed E-state index contributed by atoms with van der Waals surface area (Å²) >= 11 is 0. The highest BCUT2D eigenvalue weighted by molar-refractivity contribution is 5.68. The second-order valence-electron chi connectivity index (χ2n) is 7.49. The number of nitrogens with one attached hydrogen (secondary N) is 2. The molecule has 23 heavy (non-hydrogen) atoms. The molecule has 132 valence electrons. The Hall–Kier alpha value is -1.34. The van der Waals surface area contributed by atoms with E-state index in [1.54, 1.807) is 0 Å². The first-order chi connectivity index (χ1) is 10.7. The molecular formula is C16H28N2O5. The molecule has 2 fully saturated rings. The van der Waals surface area contributed by atoms with Gasteiger partial charge in [0, 0.05) is 25.0 Å². The van der Waals surface area contributed by atoms with Gasteiger partial charge in [-0.2, -0.15) is 0 Å². The quantitative estimate of drug-likeness (QED) is 0.684. The van der Waals surface area contributed by atoms with E-state index in [1.807, 2.05) is 27.7 Å². The van der Waals surface area contributed by atoms with Gasteiger partial charge in [-0.3, -0.25) is 4.79 Å². The highest BCUT2D eigenvalue weighted by atomic mass is 16.6. The van der Waals surface area contributed by atoms with E-state index < -0.39 is 17.7 Å². The van der Waals surface area contributed by atoms with Gasteiger partial charge < -0.3 is 25.2 Å². The summed E-state index contributed by atoms with van der Waals surface area (Å²) in [7, 11) is 0. The summed E-state index contributed by atoms with van der Waals surface area (Å²) < 4.78 is 11.1. The summed E-state index contributed by atoms with van der Waals surface area (Å²) in [6, 6.07) is 0.00706. The van der Waals surface area contributed by atoms with Crippen LogP contribution in [0.5, 0.6) is 0 Å². The maximum atomic E-state index is 12.0. The van der Waals surface area contributed by atoms with E-state index in [4.69, 9.17) is 14.6 Å². The lowest BCUT2D eigenvalue weighted by Gasteiger charge is -2.49. The zero-order valence-electron chi connectivity index (χ0n) is 14.3. The fraction of sp³-hybridized carbons (Fsp3) is 0.875. The van der Waals surface area contributed by atoms with E-state index in [-0.39, 0.29) is 30.7 Å². The van der Waals surface area contributed by atoms with Crippen LogP contribution in [0.15, 0.2) is 0 Å². The lowest BCUT2D eigenvalue weighted by Crippen LogP contribution is -2.71. The third kappa shape index (κ3) is 4.81. The Morgan fingerprint density at radius 1 is 1.35 bits per heavy atom. The van der Waals surface area contributed by atoms with E-state index in [0.29, 0.717) is 18.9 Å². The maximum Gasteiger partial charge on any atom is 0.407 e. The monoisotopic (exact) mass is 328 g/mol. The van der Waals surface area contributed by atoms with E-state index in [1.165, 1.54) is 0 Å². The van der Waals surface area contributed by atoms with Gasteiger partial charge >= 0.3 is 12.1 Å². The van der Waals surface area contributed by atoms with Crippen LogP contribution in [0.3, 0.4) is 0 Å². The molecule has 1 heterocycles. The first-order valence-electron chi connectivity index (χ1n) is 8.26. The van der Waals surface area contributed by atoms with Crippen molar-refractivity contribution in [1.29, 1.82) is 0 Å². The van der Waals surface area contributed by atoms with Gasteiger partial charge in [0.05, 0.1) is 18.2 Å². The van der Waals surface area contributed by atoms with Crippen LogP contribution in [0.25, 0.3) is 0 Å². The molecule has 0 aromatic rings. The minimum absolute atomic E-state index is 0.00110. The summed E-state index contributed by atoms with van der Waals surface area (Å²) in [6.45, 7) is 8.15. The number of fused-ring (bicyclic) bond motifs is 1. The number of carbonyl (C=O) groups excluding carboxylic acids is 1. The van der Waals surface area contributed by atoms with Crippen LogP contribution in [0, 0.1) is 5.92 Å². The van der Waals surface area contributed by atoms with Crippen molar-refractivity contribution >= 4 is 12.1 Å². The summed E-state index contributed by atoms with van der Waals surface area (Å²) in [4.78, 5) is 22.7. The van der Waals surface area contributed by atoms with E-state index in [2.05, 4.69) is 10.6 Å². The predicted octanol–water partition coefficient (Wildman–Crippen LogP) is 1.51. The average molecular weight is 328 g/mol. The largest absolute Gasteiger partial charge is 0.481 e. The van der Waals surface area contributed by atoms with Crippen LogP contribution >= 0.6 is 0 Å². The van der Waals surface area contributed by atoms with E-state index in [9.17, 15) is 9.59 Å². The van der Waals surface area contributed by atoms with E-state index >= 15 is 0 Å². The molecule has 2 aliphatic rings. The molecule has 3 N–H and O–H groups in total. The van der Waals surface area contributed by atoms with Crippen molar-refractivity contribution in [3.63, 3.8) is 0 Å². The van der Waals surface area contributed by atoms with Crippen LogP contribution in [0.1, 0.15) is 47.0 Å². The number of rotatable bonds is 6. The van der Waals surface area contributed by atoms with Crippen molar-refractivity contribution in [2.45, 2.75) is 76.8 Å². The SMILES string of the molecule is CC(CCC(=O)O)NC1C(NC(=O)OC(C)(C)C)C2CCOC21. The third-order valence-electron chi connectivity index (χ3n) is 4.34. The molecule has 0 bridgehead atoms. The van der Waals surface area contributed by atoms with Crippen molar-refractivity contribution in [2.24, 2.45) is 5.92 Å². The molecule has 1 aliphatic carbocycles. The minimum atomic E-state index is -0.800. The highest BCUT2D eigenvalue weighted by Crippen LogP contribution is 2.39. The molecule has 7 nitrogen and oxygen atoms in total. The van der Waals surface area contributed by atoms with Crippen molar-refractivity contribution < 1.29 is 24.2 Å². The molecule has 1 aliphatic heterocycles. The Morgan fingerprint density at radius 3 is 2.65 bits per heavy atom. The van der Waals surface area contributed by atoms with Crippen molar-refractivity contribution in [3.8, 4) is 0 Å². The lowest BCUT2D eigenvalue weighted by molar-refractivity contribution is -0.137. The van der Waals surface area contributed by atoms with Gasteiger partial charge in [0.1, 0.15) is 5.60 Å². The summed E-state index contributed by atoms with van der Waals surface area (Å²) in [5, 5.41) is 15.1. The van der Waals surface area contributed by atoms with Gasteiger partial charge in [-0.05, 0) is 40.5 Å². The number of alkyl carbamates (subject to hydrolysis) is 1. The fourth-order valence-electron chi connectivity index (χ4n) is 3.30. The molecule has 5 atom stereocenters. The average Bonchev–Trinajstić information content (AvgIpc) is 2.82. The number of aliphatic carboxylic acids is 1. The normalized spacial score (nSPS) is 31.0. The number of hydrogen-bond acceptors (Lipinski definition) is 5. The topological polar surface area (TPSA) is 96.9 Å². The number of carboxylic acid groups (broad SMARTS) is 1. The van der Waals surface area contributed by atoms with Crippen molar-refractivity contribution in [2.75, 3.05) is 6.61 Å². The van der Waals surface area contributed by atoms with Crippen molar-refractivity contribution in [3.05, 3.63) is 0 Å². The van der Waals surface area contributed by atoms with Gasteiger partial charge in [0.15, 0.2) is 0 Å². The van der Waals surface area contributed by atoms with Crippen LogP contribution in [-0.4, -0.2) is 53.6 Å². The second kappa shape index (κ2) is 7.05. The fourth-order valence-corrected chi connectivity index (χ4v) is 3.30. The molecule has 7 heteroatoms. The molecule has 1 saturated heterocycles. The number of carboxylic acids is 1. The Balaban J connectivity index is 1.89. The zero-order valence-corrected chi connectivity index (χ0v) is 14.3. The Morgan fingerprint density at radius 2 is 2.04 bits per heavy atom. The van der Waals surface area contributed by atoms with Gasteiger partial charge in [-0.15, -0.1) is 0 Å². The molecule has 2 rings (SSSR count). The molecule has 5 unspecified atom stereocenters. The Kier molecular flexibility index (Phi) is 5.52. The third-order valence-corrected chi connectivity index (χ3v) is 4.34. The number of amides is 1. The summed E-state index contributed by atoms with van der Waals surface area (Å²) in [5.41, 5.74) is -0.531. The first-order valence-corrected chi connectivity index (χ1v) is 8.26. The summed E-state index contributed by atoms with van der Waals surface area (Å²) in [6.07, 6.45) is 1.26. The molecule has 0 spiro atoms. The standard InChI is InChI=1S/C16H28N2O5/c1-9(5-6-11(19)20)17-13-12(10-7-8-22-14(10)13)18-15(21)23-16(2,3)4/h9-10,12-14,17H,5-8H2,1-4H3,(H,18,21)(H,19,20). The maximum absolute atomic E-state index is 12.0. The minimum Gasteiger partial charge on any atom is -0.481 e. The second-order valence-corrected chi connectivity index (χ2v) is 7.49. The molecule has 1 amide bonds. The number of carbonyl (C=O) groups is 2. The van der Waals surface area contributed by atoms with Crippen molar-refractivity contribution in [1.82, 2.24) is 10.6 Å². The van der Waals surface area contributed by atoms with Gasteiger partial charge in [0.25, 0.3) is 0 Å². The Labute approximate surface area is 137 Å². The smallest absolute Gasteiger partial charge is 0.407 e. The first kappa shape index (κ1) is 18.0.